The van der Waals surface area contributed by atoms with Gasteiger partial charge < -0.3 is 15.2 Å². The summed E-state index contributed by atoms with van der Waals surface area (Å²) in [5.74, 6) is 1.03. The number of carbonyl (C=O) groups is 1. The van der Waals surface area contributed by atoms with E-state index in [2.05, 4.69) is 17.4 Å². The smallest absolute Gasteiger partial charge is 0.248 e. The minimum atomic E-state index is -0.911. The number of amides is 1. The summed E-state index contributed by atoms with van der Waals surface area (Å²) in [5, 5.41) is 12.9. The van der Waals surface area contributed by atoms with Crippen LogP contribution in [0.4, 0.5) is 0 Å². The quantitative estimate of drug-likeness (QED) is 0.871. The Kier molecular flexibility index (Phi) is 4.15. The van der Waals surface area contributed by atoms with Crippen LogP contribution in [0.1, 0.15) is 48.8 Å². The van der Waals surface area contributed by atoms with Gasteiger partial charge in [-0.05, 0) is 48.8 Å². The number of hydrogen-bond donors (Lipinski definition) is 2. The fraction of sp³-hybridized carbons (Fsp3) is 0.588. The first-order chi connectivity index (χ1) is 10.2. The van der Waals surface area contributed by atoms with Crippen LogP contribution in [0.5, 0.6) is 5.75 Å². The number of rotatable bonds is 5. The summed E-state index contributed by atoms with van der Waals surface area (Å²) in [7, 11) is 0. The third kappa shape index (κ3) is 2.77. The Hall–Kier alpha value is -1.55. The van der Waals surface area contributed by atoms with Crippen molar-refractivity contribution in [1.29, 1.82) is 0 Å². The fourth-order valence-corrected chi connectivity index (χ4v) is 3.53. The largest absolute Gasteiger partial charge is 0.493 e. The van der Waals surface area contributed by atoms with Crippen molar-refractivity contribution in [2.75, 3.05) is 13.2 Å². The van der Waals surface area contributed by atoms with Gasteiger partial charge in [0.15, 0.2) is 0 Å². The van der Waals surface area contributed by atoms with Gasteiger partial charge >= 0.3 is 0 Å². The molecule has 0 radical (unpaired) electrons. The van der Waals surface area contributed by atoms with E-state index in [4.69, 9.17) is 4.74 Å². The van der Waals surface area contributed by atoms with E-state index >= 15 is 0 Å². The molecule has 1 aliphatic heterocycles. The van der Waals surface area contributed by atoms with Crippen molar-refractivity contribution in [3.05, 3.63) is 28.8 Å². The summed E-state index contributed by atoms with van der Waals surface area (Å²) < 4.78 is 5.64. The van der Waals surface area contributed by atoms with Gasteiger partial charge in [-0.3, -0.25) is 4.79 Å². The number of carbonyl (C=O) groups excluding carboxylic acids is 1. The predicted molar refractivity (Wildman–Crippen MR) is 80.6 cm³/mol. The molecular weight excluding hydrogens is 266 g/mol. The Balaban J connectivity index is 1.73. The number of fused-ring (bicyclic) bond motifs is 3. The van der Waals surface area contributed by atoms with Crippen molar-refractivity contribution in [2.24, 2.45) is 0 Å². The molecule has 1 aromatic carbocycles. The first-order valence-electron chi connectivity index (χ1n) is 7.94. The minimum absolute atomic E-state index is 0.242. The lowest BCUT2D eigenvalue weighted by Crippen LogP contribution is -2.35. The summed E-state index contributed by atoms with van der Waals surface area (Å²) in [6.45, 7) is 3.38. The molecule has 0 aromatic heterocycles. The van der Waals surface area contributed by atoms with E-state index in [-0.39, 0.29) is 11.8 Å². The third-order valence-corrected chi connectivity index (χ3v) is 4.54. The van der Waals surface area contributed by atoms with Crippen LogP contribution in [0.15, 0.2) is 12.1 Å². The predicted octanol–water partition coefficient (Wildman–Crippen LogP) is 1.93. The molecule has 2 unspecified atom stereocenters. The highest BCUT2D eigenvalue weighted by molar-refractivity contribution is 5.80. The zero-order valence-electron chi connectivity index (χ0n) is 12.5. The number of ether oxygens (including phenoxy) is 1. The van der Waals surface area contributed by atoms with E-state index in [9.17, 15) is 9.90 Å². The molecular formula is C17H23NO3. The summed E-state index contributed by atoms with van der Waals surface area (Å²) >= 11 is 0. The van der Waals surface area contributed by atoms with E-state index in [0.29, 0.717) is 13.0 Å². The summed E-state index contributed by atoms with van der Waals surface area (Å²) in [5.41, 5.74) is 4.01. The molecule has 0 saturated heterocycles. The maximum Gasteiger partial charge on any atom is 0.248 e. The number of benzene rings is 1. The molecule has 1 aromatic rings. The number of hydrogen-bond acceptors (Lipinski definition) is 3. The van der Waals surface area contributed by atoms with Gasteiger partial charge in [-0.25, -0.2) is 0 Å². The monoisotopic (exact) mass is 289 g/mol. The van der Waals surface area contributed by atoms with Gasteiger partial charge in [-0.1, -0.05) is 13.0 Å². The minimum Gasteiger partial charge on any atom is -0.493 e. The SMILES string of the molecule is CCCNC(=O)C(O)CC1CCc2ccc3c(c21)CCO3. The topological polar surface area (TPSA) is 58.6 Å². The van der Waals surface area contributed by atoms with Crippen molar-refractivity contribution in [1.82, 2.24) is 5.32 Å². The molecule has 0 fully saturated rings. The number of nitrogens with one attached hydrogen (secondary N) is 1. The molecule has 2 atom stereocenters. The molecule has 21 heavy (non-hydrogen) atoms. The number of aliphatic hydroxyl groups excluding tert-OH is 1. The molecule has 1 aliphatic carbocycles. The summed E-state index contributed by atoms with van der Waals surface area (Å²) in [6.07, 6.45) is 3.49. The molecule has 1 heterocycles. The average Bonchev–Trinajstić information content (AvgIpc) is 3.10. The third-order valence-electron chi connectivity index (χ3n) is 4.54. The van der Waals surface area contributed by atoms with Crippen LogP contribution in [0.2, 0.25) is 0 Å². The Labute approximate surface area is 125 Å². The number of aryl methyl sites for hydroxylation is 1. The van der Waals surface area contributed by atoms with Crippen LogP contribution >= 0.6 is 0 Å². The molecule has 2 aliphatic rings. The van der Waals surface area contributed by atoms with Gasteiger partial charge in [0.05, 0.1) is 6.61 Å². The molecule has 114 valence electrons. The molecule has 2 N–H and O–H groups in total. The van der Waals surface area contributed by atoms with Crippen LogP contribution < -0.4 is 10.1 Å². The highest BCUT2D eigenvalue weighted by Gasteiger charge is 2.32. The Morgan fingerprint density at radius 1 is 1.48 bits per heavy atom. The summed E-state index contributed by atoms with van der Waals surface area (Å²) in [4.78, 5) is 11.8. The van der Waals surface area contributed by atoms with Gasteiger partial charge in [-0.2, -0.15) is 0 Å². The second kappa shape index (κ2) is 6.06. The molecule has 0 bridgehead atoms. The Bertz CT molecular complexity index is 541. The van der Waals surface area contributed by atoms with Gasteiger partial charge in [0.2, 0.25) is 5.91 Å². The zero-order chi connectivity index (χ0) is 14.8. The van der Waals surface area contributed by atoms with Crippen molar-refractivity contribution < 1.29 is 14.6 Å². The first-order valence-corrected chi connectivity index (χ1v) is 7.94. The van der Waals surface area contributed by atoms with Crippen molar-refractivity contribution in [3.8, 4) is 5.75 Å². The van der Waals surface area contributed by atoms with Crippen LogP contribution in [-0.4, -0.2) is 30.3 Å². The first kappa shape index (κ1) is 14.4. The lowest BCUT2D eigenvalue weighted by atomic mass is 9.90. The van der Waals surface area contributed by atoms with E-state index in [0.717, 1.165) is 38.0 Å². The van der Waals surface area contributed by atoms with Gasteiger partial charge in [0.1, 0.15) is 11.9 Å². The second-order valence-corrected chi connectivity index (χ2v) is 5.99. The highest BCUT2D eigenvalue weighted by Crippen LogP contribution is 2.43. The van der Waals surface area contributed by atoms with Crippen LogP contribution in [0, 0.1) is 0 Å². The van der Waals surface area contributed by atoms with Gasteiger partial charge in [0, 0.05) is 18.5 Å². The molecule has 4 heteroatoms. The normalized spacial score (nSPS) is 20.6. The fourth-order valence-electron chi connectivity index (χ4n) is 3.53. The van der Waals surface area contributed by atoms with E-state index in [1.54, 1.807) is 0 Å². The standard InChI is InChI=1S/C17H23NO3/c1-2-8-18-17(20)14(19)10-12-4-3-11-5-6-15-13(16(11)12)7-9-21-15/h5-6,12,14,19H,2-4,7-10H2,1H3,(H,18,20). The Morgan fingerprint density at radius 3 is 3.14 bits per heavy atom. The second-order valence-electron chi connectivity index (χ2n) is 5.99. The zero-order valence-corrected chi connectivity index (χ0v) is 12.5. The maximum absolute atomic E-state index is 11.8. The highest BCUT2D eigenvalue weighted by atomic mass is 16.5. The average molecular weight is 289 g/mol. The van der Waals surface area contributed by atoms with Crippen LogP contribution in [-0.2, 0) is 17.6 Å². The number of aliphatic hydroxyl groups is 1. The van der Waals surface area contributed by atoms with Crippen molar-refractivity contribution >= 4 is 5.91 Å². The summed E-state index contributed by atoms with van der Waals surface area (Å²) in [6, 6.07) is 4.21. The lowest BCUT2D eigenvalue weighted by molar-refractivity contribution is -0.129. The van der Waals surface area contributed by atoms with E-state index in [1.807, 2.05) is 6.92 Å². The van der Waals surface area contributed by atoms with E-state index in [1.165, 1.54) is 16.7 Å². The Morgan fingerprint density at radius 2 is 2.33 bits per heavy atom. The van der Waals surface area contributed by atoms with Crippen molar-refractivity contribution in [3.63, 3.8) is 0 Å². The van der Waals surface area contributed by atoms with Crippen LogP contribution in [0.3, 0.4) is 0 Å². The molecule has 1 amide bonds. The lowest BCUT2D eigenvalue weighted by Gasteiger charge is -2.18. The van der Waals surface area contributed by atoms with Crippen molar-refractivity contribution in [2.45, 2.75) is 51.0 Å². The van der Waals surface area contributed by atoms with Crippen LogP contribution in [0.25, 0.3) is 0 Å². The van der Waals surface area contributed by atoms with E-state index < -0.39 is 6.10 Å². The molecule has 0 spiro atoms. The molecule has 3 rings (SSSR count). The molecule has 0 saturated carbocycles. The van der Waals surface area contributed by atoms with Gasteiger partial charge in [0.25, 0.3) is 0 Å². The maximum atomic E-state index is 11.8. The molecule has 4 nitrogen and oxygen atoms in total. The van der Waals surface area contributed by atoms with Gasteiger partial charge in [-0.15, -0.1) is 0 Å².